The normalized spacial score (nSPS) is 11.6. The van der Waals surface area contributed by atoms with E-state index in [2.05, 4.69) is 36.1 Å². The zero-order valence-corrected chi connectivity index (χ0v) is 15.3. The van der Waals surface area contributed by atoms with Crippen molar-refractivity contribution >= 4 is 6.09 Å². The van der Waals surface area contributed by atoms with E-state index in [1.54, 1.807) is 11.9 Å². The van der Waals surface area contributed by atoms with E-state index in [9.17, 15) is 4.79 Å². The van der Waals surface area contributed by atoms with E-state index in [-0.39, 0.29) is 6.09 Å². The molecule has 0 saturated carbocycles. The molecule has 0 unspecified atom stereocenters. The van der Waals surface area contributed by atoms with Gasteiger partial charge in [0.1, 0.15) is 5.60 Å². The predicted octanol–water partition coefficient (Wildman–Crippen LogP) is 4.16. The van der Waals surface area contributed by atoms with Gasteiger partial charge in [0, 0.05) is 26.7 Å². The van der Waals surface area contributed by atoms with E-state index in [4.69, 9.17) is 4.74 Å². The molecule has 4 heteroatoms. The van der Waals surface area contributed by atoms with Gasteiger partial charge >= 0.3 is 6.09 Å². The number of ether oxygens (including phenoxy) is 1. The quantitative estimate of drug-likeness (QED) is 0.721. The van der Waals surface area contributed by atoms with Crippen LogP contribution in [0.5, 0.6) is 0 Å². The van der Waals surface area contributed by atoms with Crippen LogP contribution in [0.1, 0.15) is 46.1 Å². The molecule has 130 valence electrons. The lowest BCUT2D eigenvalue weighted by Gasteiger charge is -2.26. The van der Waals surface area contributed by atoms with Gasteiger partial charge in [-0.05, 0) is 45.7 Å². The summed E-state index contributed by atoms with van der Waals surface area (Å²) in [7, 11) is 1.80. The number of amides is 1. The van der Waals surface area contributed by atoms with E-state index in [0.29, 0.717) is 6.54 Å². The molecule has 0 saturated heterocycles. The van der Waals surface area contributed by atoms with Crippen molar-refractivity contribution in [3.63, 3.8) is 0 Å². The first-order valence-corrected chi connectivity index (χ1v) is 8.52. The second kappa shape index (κ2) is 9.56. The highest BCUT2D eigenvalue weighted by Gasteiger charge is 2.19. The highest BCUT2D eigenvalue weighted by molar-refractivity contribution is 5.67. The van der Waals surface area contributed by atoms with Crippen molar-refractivity contribution in [1.82, 2.24) is 9.80 Å². The number of carbonyl (C=O) groups is 1. The summed E-state index contributed by atoms with van der Waals surface area (Å²) >= 11 is 0. The minimum atomic E-state index is -0.438. The summed E-state index contributed by atoms with van der Waals surface area (Å²) in [6.45, 7) is 11.6. The molecule has 0 radical (unpaired) electrons. The SMILES string of the molecule is CCCN(CCCN(C)C(=O)OC(C)(C)C)Cc1ccccc1. The first-order chi connectivity index (χ1) is 10.8. The van der Waals surface area contributed by atoms with Crippen LogP contribution in [0.4, 0.5) is 4.79 Å². The molecule has 0 fully saturated rings. The molecular formula is C19H32N2O2. The van der Waals surface area contributed by atoms with Crippen LogP contribution in [-0.4, -0.2) is 48.2 Å². The summed E-state index contributed by atoms with van der Waals surface area (Å²) in [6, 6.07) is 10.5. The lowest BCUT2D eigenvalue weighted by atomic mass is 10.2. The lowest BCUT2D eigenvalue weighted by Crippen LogP contribution is -2.36. The maximum absolute atomic E-state index is 11.9. The van der Waals surface area contributed by atoms with E-state index in [1.165, 1.54) is 5.56 Å². The van der Waals surface area contributed by atoms with Crippen molar-refractivity contribution in [2.75, 3.05) is 26.7 Å². The van der Waals surface area contributed by atoms with Gasteiger partial charge in [-0.25, -0.2) is 4.79 Å². The van der Waals surface area contributed by atoms with Crippen LogP contribution in [0, 0.1) is 0 Å². The van der Waals surface area contributed by atoms with Gasteiger partial charge in [0.15, 0.2) is 0 Å². The zero-order valence-electron chi connectivity index (χ0n) is 15.3. The second-order valence-electron chi connectivity index (χ2n) is 7.02. The number of benzene rings is 1. The molecule has 1 amide bonds. The Balaban J connectivity index is 2.39. The number of nitrogens with zero attached hydrogens (tertiary/aromatic N) is 2. The van der Waals surface area contributed by atoms with Crippen LogP contribution in [0.2, 0.25) is 0 Å². The van der Waals surface area contributed by atoms with Gasteiger partial charge in [-0.15, -0.1) is 0 Å². The molecule has 1 rings (SSSR count). The minimum absolute atomic E-state index is 0.248. The molecule has 0 spiro atoms. The van der Waals surface area contributed by atoms with Crippen LogP contribution in [0.15, 0.2) is 30.3 Å². The topological polar surface area (TPSA) is 32.8 Å². The Morgan fingerprint density at radius 2 is 1.74 bits per heavy atom. The molecule has 0 aliphatic carbocycles. The monoisotopic (exact) mass is 320 g/mol. The van der Waals surface area contributed by atoms with Crippen molar-refractivity contribution in [1.29, 1.82) is 0 Å². The molecule has 0 aromatic heterocycles. The summed E-state index contributed by atoms with van der Waals surface area (Å²) in [5.41, 5.74) is 0.897. The predicted molar refractivity (Wildman–Crippen MR) is 95.5 cm³/mol. The number of carbonyl (C=O) groups excluding carboxylic acids is 1. The molecule has 0 heterocycles. The summed E-state index contributed by atoms with van der Waals surface area (Å²) in [6.07, 6.45) is 1.83. The summed E-state index contributed by atoms with van der Waals surface area (Å²) in [5.74, 6) is 0. The van der Waals surface area contributed by atoms with Crippen LogP contribution >= 0.6 is 0 Å². The van der Waals surface area contributed by atoms with Crippen LogP contribution in [0.3, 0.4) is 0 Å². The molecule has 23 heavy (non-hydrogen) atoms. The largest absolute Gasteiger partial charge is 0.444 e. The van der Waals surface area contributed by atoms with Gasteiger partial charge in [-0.1, -0.05) is 37.3 Å². The van der Waals surface area contributed by atoms with Gasteiger partial charge < -0.3 is 9.64 Å². The Morgan fingerprint density at radius 3 is 2.30 bits per heavy atom. The Kier molecular flexibility index (Phi) is 8.10. The standard InChI is InChI=1S/C19H32N2O2/c1-6-13-21(16-17-11-8-7-9-12-17)15-10-14-20(5)18(22)23-19(2,3)4/h7-9,11-12H,6,10,13-16H2,1-5H3. The van der Waals surface area contributed by atoms with Gasteiger partial charge in [0.2, 0.25) is 0 Å². The maximum Gasteiger partial charge on any atom is 0.410 e. The lowest BCUT2D eigenvalue weighted by molar-refractivity contribution is 0.0292. The highest BCUT2D eigenvalue weighted by Crippen LogP contribution is 2.10. The fourth-order valence-electron chi connectivity index (χ4n) is 2.39. The zero-order chi connectivity index (χ0) is 17.3. The van der Waals surface area contributed by atoms with Crippen LogP contribution in [-0.2, 0) is 11.3 Å². The van der Waals surface area contributed by atoms with Crippen molar-refractivity contribution in [3.05, 3.63) is 35.9 Å². The molecule has 0 aliphatic heterocycles. The van der Waals surface area contributed by atoms with E-state index in [0.717, 1.165) is 32.5 Å². The third kappa shape index (κ3) is 8.60. The van der Waals surface area contributed by atoms with Gasteiger partial charge in [-0.3, -0.25) is 4.90 Å². The third-order valence-corrected chi connectivity index (χ3v) is 3.46. The van der Waals surface area contributed by atoms with Crippen LogP contribution < -0.4 is 0 Å². The average Bonchev–Trinajstić information content (AvgIpc) is 2.46. The van der Waals surface area contributed by atoms with Crippen molar-refractivity contribution in [2.45, 2.75) is 52.7 Å². The Bertz CT molecular complexity index is 454. The fraction of sp³-hybridized carbons (Fsp3) is 0.632. The van der Waals surface area contributed by atoms with Crippen molar-refractivity contribution in [2.24, 2.45) is 0 Å². The van der Waals surface area contributed by atoms with Gasteiger partial charge in [-0.2, -0.15) is 0 Å². The number of rotatable bonds is 8. The Hall–Kier alpha value is -1.55. The molecule has 0 N–H and O–H groups in total. The van der Waals surface area contributed by atoms with Gasteiger partial charge in [0.25, 0.3) is 0 Å². The molecule has 0 bridgehead atoms. The summed E-state index contributed by atoms with van der Waals surface area (Å²) < 4.78 is 5.37. The highest BCUT2D eigenvalue weighted by atomic mass is 16.6. The Morgan fingerprint density at radius 1 is 1.09 bits per heavy atom. The van der Waals surface area contributed by atoms with Crippen molar-refractivity contribution < 1.29 is 9.53 Å². The molecule has 0 atom stereocenters. The smallest absolute Gasteiger partial charge is 0.410 e. The third-order valence-electron chi connectivity index (χ3n) is 3.46. The maximum atomic E-state index is 11.9. The molecule has 1 aromatic rings. The minimum Gasteiger partial charge on any atom is -0.444 e. The number of hydrogen-bond acceptors (Lipinski definition) is 3. The fourth-order valence-corrected chi connectivity index (χ4v) is 2.39. The van der Waals surface area contributed by atoms with Gasteiger partial charge in [0.05, 0.1) is 0 Å². The first kappa shape index (κ1) is 19.5. The summed E-state index contributed by atoms with van der Waals surface area (Å²) in [5, 5.41) is 0. The average molecular weight is 320 g/mol. The second-order valence-corrected chi connectivity index (χ2v) is 7.02. The van der Waals surface area contributed by atoms with Crippen LogP contribution in [0.25, 0.3) is 0 Å². The molecular weight excluding hydrogens is 288 g/mol. The first-order valence-electron chi connectivity index (χ1n) is 8.52. The van der Waals surface area contributed by atoms with Crippen molar-refractivity contribution in [3.8, 4) is 0 Å². The Labute approximate surface area is 141 Å². The number of hydrogen-bond donors (Lipinski definition) is 0. The molecule has 0 aliphatic rings. The molecule has 4 nitrogen and oxygen atoms in total. The molecule has 1 aromatic carbocycles. The summed E-state index contributed by atoms with van der Waals surface area (Å²) in [4.78, 5) is 16.0. The van der Waals surface area contributed by atoms with E-state index < -0.39 is 5.60 Å². The van der Waals surface area contributed by atoms with E-state index >= 15 is 0 Å². The van der Waals surface area contributed by atoms with E-state index in [1.807, 2.05) is 26.8 Å².